The Morgan fingerprint density at radius 1 is 1.18 bits per heavy atom. The number of aryl methyl sites for hydroxylation is 2. The molecule has 0 aliphatic carbocycles. The van der Waals surface area contributed by atoms with Gasteiger partial charge < -0.3 is 14.8 Å². The zero-order valence-corrected chi connectivity index (χ0v) is 13.5. The Kier molecular flexibility index (Phi) is 5.28. The number of benzene rings is 2. The van der Waals surface area contributed by atoms with Crippen molar-refractivity contribution in [3.05, 3.63) is 52.5 Å². The van der Waals surface area contributed by atoms with Gasteiger partial charge in [-0.2, -0.15) is 0 Å². The average Bonchev–Trinajstić information content (AvgIpc) is 2.49. The molecule has 0 aliphatic heterocycles. The van der Waals surface area contributed by atoms with Gasteiger partial charge in [0.25, 0.3) is 5.91 Å². The molecule has 0 spiro atoms. The van der Waals surface area contributed by atoms with E-state index < -0.39 is 0 Å². The minimum absolute atomic E-state index is 0.0852. The van der Waals surface area contributed by atoms with E-state index in [9.17, 15) is 4.79 Å². The van der Waals surface area contributed by atoms with Crippen LogP contribution < -0.4 is 14.8 Å². The number of ether oxygens (including phenoxy) is 2. The molecule has 5 heteroatoms. The van der Waals surface area contributed by atoms with E-state index in [2.05, 4.69) is 5.32 Å². The highest BCUT2D eigenvalue weighted by atomic mass is 35.5. The predicted octanol–water partition coefficient (Wildman–Crippen LogP) is 3.98. The zero-order valence-electron chi connectivity index (χ0n) is 12.8. The summed E-state index contributed by atoms with van der Waals surface area (Å²) in [7, 11) is 1.56. The van der Waals surface area contributed by atoms with Crippen LogP contribution in [0.15, 0.2) is 36.4 Å². The third-order valence-corrected chi connectivity index (χ3v) is 3.55. The number of halogens is 1. The lowest BCUT2D eigenvalue weighted by molar-refractivity contribution is -0.118. The molecule has 0 atom stereocenters. The molecule has 0 aliphatic rings. The van der Waals surface area contributed by atoms with Crippen LogP contribution in [0, 0.1) is 13.8 Å². The number of rotatable bonds is 5. The topological polar surface area (TPSA) is 47.6 Å². The van der Waals surface area contributed by atoms with Crippen molar-refractivity contribution < 1.29 is 14.3 Å². The van der Waals surface area contributed by atoms with Crippen LogP contribution >= 0.6 is 11.6 Å². The molecule has 0 saturated carbocycles. The molecule has 22 heavy (non-hydrogen) atoms. The number of nitrogens with one attached hydrogen (secondary N) is 1. The van der Waals surface area contributed by atoms with Gasteiger partial charge in [0.05, 0.1) is 12.8 Å². The lowest BCUT2D eigenvalue weighted by atomic mass is 10.2. The molecular weight excluding hydrogens is 302 g/mol. The van der Waals surface area contributed by atoms with E-state index in [0.29, 0.717) is 22.2 Å². The van der Waals surface area contributed by atoms with Crippen molar-refractivity contribution >= 4 is 23.2 Å². The molecule has 0 fully saturated rings. The highest BCUT2D eigenvalue weighted by Gasteiger charge is 2.09. The SMILES string of the molecule is COc1ccc(C)cc1NC(=O)COc1ccc(Cl)c(C)c1. The van der Waals surface area contributed by atoms with Gasteiger partial charge in [0.15, 0.2) is 6.61 Å². The van der Waals surface area contributed by atoms with E-state index in [0.717, 1.165) is 11.1 Å². The molecule has 1 amide bonds. The molecule has 2 aromatic carbocycles. The van der Waals surface area contributed by atoms with E-state index in [1.807, 2.05) is 32.0 Å². The summed E-state index contributed by atoms with van der Waals surface area (Å²) < 4.78 is 10.7. The van der Waals surface area contributed by atoms with Crippen LogP contribution in [0.5, 0.6) is 11.5 Å². The normalized spacial score (nSPS) is 10.2. The Labute approximate surface area is 135 Å². The van der Waals surface area contributed by atoms with Gasteiger partial charge >= 0.3 is 0 Å². The molecule has 116 valence electrons. The second-order valence-corrected chi connectivity index (χ2v) is 5.36. The van der Waals surface area contributed by atoms with Crippen molar-refractivity contribution in [1.82, 2.24) is 0 Å². The largest absolute Gasteiger partial charge is 0.495 e. The third kappa shape index (κ3) is 4.15. The maximum absolute atomic E-state index is 12.0. The Hall–Kier alpha value is -2.20. The molecule has 0 heterocycles. The smallest absolute Gasteiger partial charge is 0.262 e. The van der Waals surface area contributed by atoms with E-state index >= 15 is 0 Å². The first-order valence-corrected chi connectivity index (χ1v) is 7.21. The van der Waals surface area contributed by atoms with Crippen LogP contribution in [0.2, 0.25) is 5.02 Å². The van der Waals surface area contributed by atoms with Crippen molar-refractivity contribution in [2.75, 3.05) is 19.0 Å². The summed E-state index contributed by atoms with van der Waals surface area (Å²) in [6.45, 7) is 3.74. The summed E-state index contributed by atoms with van der Waals surface area (Å²) in [5.41, 5.74) is 2.56. The maximum Gasteiger partial charge on any atom is 0.262 e. The molecule has 0 aromatic heterocycles. The Bertz CT molecular complexity index is 686. The summed E-state index contributed by atoms with van der Waals surface area (Å²) in [6, 6.07) is 10.9. The quantitative estimate of drug-likeness (QED) is 0.906. The maximum atomic E-state index is 12.0. The lowest BCUT2D eigenvalue weighted by Gasteiger charge is -2.12. The first kappa shape index (κ1) is 16.2. The summed E-state index contributed by atoms with van der Waals surface area (Å²) in [6.07, 6.45) is 0. The number of hydrogen-bond acceptors (Lipinski definition) is 3. The van der Waals surface area contributed by atoms with Crippen molar-refractivity contribution in [2.45, 2.75) is 13.8 Å². The fraction of sp³-hybridized carbons (Fsp3) is 0.235. The summed E-state index contributed by atoms with van der Waals surface area (Å²) in [5, 5.41) is 3.45. The first-order valence-electron chi connectivity index (χ1n) is 6.83. The minimum atomic E-state index is -0.253. The zero-order chi connectivity index (χ0) is 16.1. The Morgan fingerprint density at radius 3 is 2.64 bits per heavy atom. The number of anilines is 1. The van der Waals surface area contributed by atoms with Gasteiger partial charge in [-0.3, -0.25) is 4.79 Å². The van der Waals surface area contributed by atoms with Crippen molar-refractivity contribution in [2.24, 2.45) is 0 Å². The number of amides is 1. The molecular formula is C17H18ClNO3. The van der Waals surface area contributed by atoms with Crippen LogP contribution in [0.1, 0.15) is 11.1 Å². The minimum Gasteiger partial charge on any atom is -0.495 e. The number of methoxy groups -OCH3 is 1. The lowest BCUT2D eigenvalue weighted by Crippen LogP contribution is -2.20. The Morgan fingerprint density at radius 2 is 1.95 bits per heavy atom. The van der Waals surface area contributed by atoms with Gasteiger partial charge in [0, 0.05) is 5.02 Å². The molecule has 4 nitrogen and oxygen atoms in total. The third-order valence-electron chi connectivity index (χ3n) is 3.13. The molecule has 2 aromatic rings. The second kappa shape index (κ2) is 7.18. The molecule has 0 unspecified atom stereocenters. The molecule has 0 saturated heterocycles. The summed E-state index contributed by atoms with van der Waals surface area (Å²) in [5.74, 6) is 0.964. The van der Waals surface area contributed by atoms with E-state index in [1.165, 1.54) is 0 Å². The highest BCUT2D eigenvalue weighted by Crippen LogP contribution is 2.25. The van der Waals surface area contributed by atoms with E-state index in [4.69, 9.17) is 21.1 Å². The predicted molar refractivity (Wildman–Crippen MR) is 88.0 cm³/mol. The Balaban J connectivity index is 1.98. The van der Waals surface area contributed by atoms with Crippen LogP contribution in [0.3, 0.4) is 0 Å². The number of hydrogen-bond donors (Lipinski definition) is 1. The van der Waals surface area contributed by atoms with Crippen LogP contribution in [-0.4, -0.2) is 19.6 Å². The van der Waals surface area contributed by atoms with E-state index in [-0.39, 0.29) is 12.5 Å². The van der Waals surface area contributed by atoms with Gasteiger partial charge in [0.2, 0.25) is 0 Å². The van der Waals surface area contributed by atoms with Crippen LogP contribution in [0.4, 0.5) is 5.69 Å². The molecule has 0 bridgehead atoms. The fourth-order valence-corrected chi connectivity index (χ4v) is 2.08. The van der Waals surface area contributed by atoms with Gasteiger partial charge in [-0.1, -0.05) is 17.7 Å². The van der Waals surface area contributed by atoms with Gasteiger partial charge in [-0.15, -0.1) is 0 Å². The van der Waals surface area contributed by atoms with E-state index in [1.54, 1.807) is 25.3 Å². The average molecular weight is 320 g/mol. The van der Waals surface area contributed by atoms with Gasteiger partial charge in [0.1, 0.15) is 11.5 Å². The van der Waals surface area contributed by atoms with Crippen molar-refractivity contribution in [3.63, 3.8) is 0 Å². The molecule has 2 rings (SSSR count). The van der Waals surface area contributed by atoms with Gasteiger partial charge in [-0.05, 0) is 55.3 Å². The monoisotopic (exact) mass is 319 g/mol. The standard InChI is InChI=1S/C17H18ClNO3/c1-11-4-7-16(21-3)15(8-11)19-17(20)10-22-13-5-6-14(18)12(2)9-13/h4-9H,10H2,1-3H3,(H,19,20). The molecule has 1 N–H and O–H groups in total. The number of carbonyl (C=O) groups is 1. The van der Waals surface area contributed by atoms with Crippen molar-refractivity contribution in [1.29, 1.82) is 0 Å². The number of carbonyl (C=O) groups excluding carboxylic acids is 1. The van der Waals surface area contributed by atoms with Crippen LogP contribution in [-0.2, 0) is 4.79 Å². The fourth-order valence-electron chi connectivity index (χ4n) is 1.96. The summed E-state index contributed by atoms with van der Waals surface area (Å²) in [4.78, 5) is 12.0. The second-order valence-electron chi connectivity index (χ2n) is 4.95. The molecule has 0 radical (unpaired) electrons. The van der Waals surface area contributed by atoms with Crippen LogP contribution in [0.25, 0.3) is 0 Å². The van der Waals surface area contributed by atoms with Gasteiger partial charge in [-0.25, -0.2) is 0 Å². The first-order chi connectivity index (χ1) is 10.5. The highest BCUT2D eigenvalue weighted by molar-refractivity contribution is 6.31. The van der Waals surface area contributed by atoms with Crippen molar-refractivity contribution in [3.8, 4) is 11.5 Å². The summed E-state index contributed by atoms with van der Waals surface area (Å²) >= 11 is 5.95.